The second-order valence-electron chi connectivity index (χ2n) is 8.93. The highest BCUT2D eigenvalue weighted by atomic mass is 28.3. The summed E-state index contributed by atoms with van der Waals surface area (Å²) in [6.07, 6.45) is 1.92. The molecule has 4 rings (SSSR count). The number of hydrogen-bond donors (Lipinski definition) is 1. The van der Waals surface area contributed by atoms with Crippen LogP contribution in [0.3, 0.4) is 0 Å². The van der Waals surface area contributed by atoms with Crippen molar-refractivity contribution in [2.45, 2.75) is 51.2 Å². The average molecular weight is 401 g/mol. The van der Waals surface area contributed by atoms with Gasteiger partial charge in [-0.2, -0.15) is 0 Å². The van der Waals surface area contributed by atoms with Gasteiger partial charge >= 0.3 is 0 Å². The van der Waals surface area contributed by atoms with E-state index in [4.69, 9.17) is 10.2 Å². The Morgan fingerprint density at radius 2 is 1.41 bits per heavy atom. The molecule has 1 aliphatic carbocycles. The van der Waals surface area contributed by atoms with E-state index in [1.54, 1.807) is 0 Å². The van der Waals surface area contributed by atoms with E-state index in [0.717, 1.165) is 12.8 Å². The second kappa shape index (κ2) is 8.27. The first kappa shape index (κ1) is 20.1. The highest BCUT2D eigenvalue weighted by Gasteiger charge is 2.34. The van der Waals surface area contributed by atoms with Crippen molar-refractivity contribution in [2.24, 2.45) is 5.73 Å². The summed E-state index contributed by atoms with van der Waals surface area (Å²) in [5.41, 5.74) is 10.9. The van der Waals surface area contributed by atoms with Crippen LogP contribution in [0.2, 0.25) is 0 Å². The first-order chi connectivity index (χ1) is 13.9. The summed E-state index contributed by atoms with van der Waals surface area (Å²) in [4.78, 5) is 0. The molecule has 2 unspecified atom stereocenters. The molecular weight excluding hydrogens is 370 g/mol. The van der Waals surface area contributed by atoms with E-state index in [-0.39, 0.29) is 17.6 Å². The standard InChI is InChI=1S/C26H30NOSi/c1-26(2,3)23-16-10-15-22-21(23)17-18-24(27)25(22)28-29(19-11-6-4-7-12-19)20-13-8-5-9-14-20/h4-16,24-25H,17-18,27H2,1-3H3. The number of benzene rings is 3. The molecule has 0 bridgehead atoms. The predicted octanol–water partition coefficient (Wildman–Crippen LogP) is 4.12. The van der Waals surface area contributed by atoms with Crippen molar-refractivity contribution in [1.82, 2.24) is 0 Å². The number of nitrogens with two attached hydrogens (primary N) is 1. The average Bonchev–Trinajstić information content (AvgIpc) is 2.73. The van der Waals surface area contributed by atoms with Crippen molar-refractivity contribution >= 4 is 19.4 Å². The van der Waals surface area contributed by atoms with Crippen LogP contribution in [-0.2, 0) is 16.3 Å². The quantitative estimate of drug-likeness (QED) is 0.669. The highest BCUT2D eigenvalue weighted by molar-refractivity contribution is 6.80. The third-order valence-corrected chi connectivity index (χ3v) is 7.97. The molecule has 1 radical (unpaired) electrons. The van der Waals surface area contributed by atoms with Gasteiger partial charge in [-0.3, -0.25) is 0 Å². The lowest BCUT2D eigenvalue weighted by Gasteiger charge is -2.37. The normalized spacial score (nSPS) is 19.2. The van der Waals surface area contributed by atoms with E-state index in [9.17, 15) is 0 Å². The molecule has 0 spiro atoms. The summed E-state index contributed by atoms with van der Waals surface area (Å²) < 4.78 is 6.95. The maximum atomic E-state index is 6.95. The van der Waals surface area contributed by atoms with E-state index in [2.05, 4.69) is 99.6 Å². The molecule has 3 aromatic rings. The van der Waals surface area contributed by atoms with E-state index in [1.165, 1.54) is 27.1 Å². The molecule has 2 atom stereocenters. The monoisotopic (exact) mass is 400 g/mol. The summed E-state index contributed by atoms with van der Waals surface area (Å²) in [6.45, 7) is 6.86. The van der Waals surface area contributed by atoms with Gasteiger partial charge in [0.1, 0.15) is 0 Å². The molecule has 0 heterocycles. The van der Waals surface area contributed by atoms with Crippen LogP contribution in [0, 0.1) is 0 Å². The van der Waals surface area contributed by atoms with Crippen molar-refractivity contribution < 1.29 is 4.43 Å². The topological polar surface area (TPSA) is 35.2 Å². The van der Waals surface area contributed by atoms with Crippen molar-refractivity contribution in [3.05, 3.63) is 95.6 Å². The van der Waals surface area contributed by atoms with E-state index >= 15 is 0 Å². The van der Waals surface area contributed by atoms with Crippen LogP contribution in [0.5, 0.6) is 0 Å². The maximum Gasteiger partial charge on any atom is 0.283 e. The maximum absolute atomic E-state index is 6.95. The largest absolute Gasteiger partial charge is 0.399 e. The Bertz CT molecular complexity index is 910. The first-order valence-electron chi connectivity index (χ1n) is 10.5. The molecule has 0 saturated heterocycles. The highest BCUT2D eigenvalue weighted by Crippen LogP contribution is 2.38. The van der Waals surface area contributed by atoms with Gasteiger partial charge in [-0.1, -0.05) is 99.6 Å². The SMILES string of the molecule is CC(C)(C)c1cccc2c1CCC(N)C2O[Si](c1ccccc1)c1ccccc1. The molecular formula is C26H30NOSi. The number of rotatable bonds is 4. The van der Waals surface area contributed by atoms with Gasteiger partial charge in [0, 0.05) is 6.04 Å². The van der Waals surface area contributed by atoms with Crippen LogP contribution in [0.15, 0.2) is 78.9 Å². The molecule has 1 aliphatic rings. The molecule has 0 aromatic heterocycles. The first-order valence-corrected chi connectivity index (χ1v) is 11.9. The van der Waals surface area contributed by atoms with Gasteiger partial charge in [-0.15, -0.1) is 0 Å². The summed E-state index contributed by atoms with van der Waals surface area (Å²) in [5.74, 6) is 0. The minimum absolute atomic E-state index is 0.0187. The molecule has 0 fully saturated rings. The fourth-order valence-electron chi connectivity index (χ4n) is 4.31. The lowest BCUT2D eigenvalue weighted by atomic mass is 9.76. The molecule has 0 amide bonds. The Morgan fingerprint density at radius 1 is 0.828 bits per heavy atom. The van der Waals surface area contributed by atoms with Crippen LogP contribution < -0.4 is 16.1 Å². The zero-order chi connectivity index (χ0) is 20.4. The smallest absolute Gasteiger partial charge is 0.283 e. The Balaban J connectivity index is 1.76. The predicted molar refractivity (Wildman–Crippen MR) is 123 cm³/mol. The van der Waals surface area contributed by atoms with Gasteiger partial charge in [0.25, 0.3) is 9.04 Å². The van der Waals surface area contributed by atoms with Crippen LogP contribution in [0.1, 0.15) is 50.0 Å². The molecule has 3 aromatic carbocycles. The van der Waals surface area contributed by atoms with Crippen LogP contribution in [0.4, 0.5) is 0 Å². The van der Waals surface area contributed by atoms with Crippen molar-refractivity contribution in [2.75, 3.05) is 0 Å². The van der Waals surface area contributed by atoms with E-state index < -0.39 is 9.04 Å². The summed E-state index contributed by atoms with van der Waals surface area (Å²) >= 11 is 0. The van der Waals surface area contributed by atoms with Gasteiger partial charge in [-0.05, 0) is 45.3 Å². The van der Waals surface area contributed by atoms with E-state index in [0.29, 0.717) is 0 Å². The Morgan fingerprint density at radius 3 is 1.97 bits per heavy atom. The summed E-state index contributed by atoms with van der Waals surface area (Å²) in [6, 6.07) is 27.9. The minimum Gasteiger partial charge on any atom is -0.399 e. The van der Waals surface area contributed by atoms with Gasteiger partial charge in [-0.25, -0.2) is 0 Å². The zero-order valence-electron chi connectivity index (χ0n) is 17.6. The lowest BCUT2D eigenvalue weighted by molar-refractivity contribution is 0.165. The second-order valence-corrected chi connectivity index (χ2v) is 11.0. The minimum atomic E-state index is -1.40. The summed E-state index contributed by atoms with van der Waals surface area (Å²) in [5, 5.41) is 2.52. The zero-order valence-corrected chi connectivity index (χ0v) is 18.6. The molecule has 29 heavy (non-hydrogen) atoms. The number of fused-ring (bicyclic) bond motifs is 1. The molecule has 0 aliphatic heterocycles. The van der Waals surface area contributed by atoms with Crippen LogP contribution in [-0.4, -0.2) is 15.1 Å². The molecule has 2 nitrogen and oxygen atoms in total. The molecule has 0 saturated carbocycles. The molecule has 2 N–H and O–H groups in total. The van der Waals surface area contributed by atoms with E-state index in [1.807, 2.05) is 0 Å². The third-order valence-electron chi connectivity index (χ3n) is 5.76. The van der Waals surface area contributed by atoms with Crippen LogP contribution in [0.25, 0.3) is 0 Å². The van der Waals surface area contributed by atoms with Gasteiger partial charge < -0.3 is 10.2 Å². The fraction of sp³-hybridized carbons (Fsp3) is 0.308. The Labute approximate surface area is 176 Å². The summed E-state index contributed by atoms with van der Waals surface area (Å²) in [7, 11) is -1.40. The Kier molecular flexibility index (Phi) is 5.73. The van der Waals surface area contributed by atoms with Gasteiger partial charge in [0.05, 0.1) is 6.10 Å². The fourth-order valence-corrected chi connectivity index (χ4v) is 6.46. The molecule has 3 heteroatoms. The van der Waals surface area contributed by atoms with Gasteiger partial charge in [0.2, 0.25) is 0 Å². The van der Waals surface area contributed by atoms with Crippen LogP contribution >= 0.6 is 0 Å². The van der Waals surface area contributed by atoms with Crippen molar-refractivity contribution in [3.63, 3.8) is 0 Å². The van der Waals surface area contributed by atoms with Crippen molar-refractivity contribution in [3.8, 4) is 0 Å². The Hall–Kier alpha value is -2.20. The lowest BCUT2D eigenvalue weighted by Crippen LogP contribution is -2.49. The third kappa shape index (κ3) is 4.23. The van der Waals surface area contributed by atoms with Crippen molar-refractivity contribution in [1.29, 1.82) is 0 Å². The number of hydrogen-bond acceptors (Lipinski definition) is 2. The molecule has 149 valence electrons. The van der Waals surface area contributed by atoms with Gasteiger partial charge in [0.15, 0.2) is 0 Å².